The quantitative estimate of drug-likeness (QED) is 0.568. The number of hydrogen-bond acceptors (Lipinski definition) is 6. The van der Waals surface area contributed by atoms with Crippen LogP contribution in [0.5, 0.6) is 5.75 Å². The minimum Gasteiger partial charge on any atom is -0.497 e. The van der Waals surface area contributed by atoms with Gasteiger partial charge < -0.3 is 14.8 Å². The normalized spacial score (nSPS) is 15.6. The van der Waals surface area contributed by atoms with Crippen LogP contribution in [0.2, 0.25) is 0 Å². The van der Waals surface area contributed by atoms with Crippen molar-refractivity contribution in [2.24, 2.45) is 0 Å². The number of nitrogens with zero attached hydrogens (tertiary/aromatic N) is 2. The van der Waals surface area contributed by atoms with Crippen molar-refractivity contribution in [1.82, 2.24) is 10.2 Å². The largest absolute Gasteiger partial charge is 0.497 e. The van der Waals surface area contributed by atoms with Crippen molar-refractivity contribution < 1.29 is 22.7 Å². The van der Waals surface area contributed by atoms with E-state index >= 15 is 0 Å². The Morgan fingerprint density at radius 2 is 1.85 bits per heavy atom. The molecule has 2 aromatic carbocycles. The molecule has 8 nitrogen and oxygen atoms in total. The van der Waals surface area contributed by atoms with Crippen LogP contribution in [0.3, 0.4) is 0 Å². The summed E-state index contributed by atoms with van der Waals surface area (Å²) in [6.45, 7) is 6.26. The molecule has 0 spiro atoms. The Bertz CT molecular complexity index is 1040. The van der Waals surface area contributed by atoms with Gasteiger partial charge in [-0.3, -0.25) is 14.0 Å². The molecular formula is C24H33N3O5S. The molecule has 180 valence electrons. The van der Waals surface area contributed by atoms with E-state index in [0.717, 1.165) is 44.7 Å². The average Bonchev–Trinajstić information content (AvgIpc) is 2.81. The number of nitrogens with one attached hydrogen (secondary N) is 1. The third-order valence-electron chi connectivity index (χ3n) is 5.61. The van der Waals surface area contributed by atoms with E-state index in [4.69, 9.17) is 9.47 Å². The minimum absolute atomic E-state index is 0.321. The molecule has 3 rings (SSSR count). The maximum absolute atomic E-state index is 13.1. The highest BCUT2D eigenvalue weighted by Crippen LogP contribution is 2.26. The standard InChI is InChI=1S/C24H33N3O5S/c1-4-23(27(33(3,29)30)21-9-6-10-22(16-21)31-2)24(28)25-17-19-7-5-8-20(15-19)18-26-11-13-32-14-12-26/h5-10,15-16,23H,4,11-14,17-18H2,1-3H3,(H,25,28)/t23-/m1/s1. The Hall–Kier alpha value is -2.62. The Labute approximate surface area is 196 Å². The van der Waals surface area contributed by atoms with E-state index in [0.29, 0.717) is 24.4 Å². The van der Waals surface area contributed by atoms with E-state index in [2.05, 4.69) is 22.3 Å². The number of sulfonamides is 1. The predicted octanol–water partition coefficient (Wildman–Crippen LogP) is 2.39. The van der Waals surface area contributed by atoms with Gasteiger partial charge in [-0.1, -0.05) is 37.3 Å². The van der Waals surface area contributed by atoms with Gasteiger partial charge in [0.1, 0.15) is 11.8 Å². The molecule has 33 heavy (non-hydrogen) atoms. The zero-order valence-corrected chi connectivity index (χ0v) is 20.3. The molecule has 0 saturated carbocycles. The fourth-order valence-corrected chi connectivity index (χ4v) is 5.17. The zero-order valence-electron chi connectivity index (χ0n) is 19.5. The Kier molecular flexibility index (Phi) is 8.71. The predicted molar refractivity (Wildman–Crippen MR) is 129 cm³/mol. The maximum Gasteiger partial charge on any atom is 0.244 e. The average molecular weight is 476 g/mol. The van der Waals surface area contributed by atoms with Crippen LogP contribution in [0.4, 0.5) is 5.69 Å². The van der Waals surface area contributed by atoms with Crippen LogP contribution in [0.15, 0.2) is 48.5 Å². The second kappa shape index (κ2) is 11.5. The van der Waals surface area contributed by atoms with Crippen LogP contribution >= 0.6 is 0 Å². The number of hydrogen-bond donors (Lipinski definition) is 1. The summed E-state index contributed by atoms with van der Waals surface area (Å²) in [5.41, 5.74) is 2.53. The lowest BCUT2D eigenvalue weighted by Gasteiger charge is -2.30. The van der Waals surface area contributed by atoms with Gasteiger partial charge >= 0.3 is 0 Å². The molecule has 1 fully saturated rings. The number of carbonyl (C=O) groups excluding carboxylic acids is 1. The van der Waals surface area contributed by atoms with Crippen LogP contribution in [-0.4, -0.2) is 64.9 Å². The number of carbonyl (C=O) groups is 1. The lowest BCUT2D eigenvalue weighted by molar-refractivity contribution is -0.122. The van der Waals surface area contributed by atoms with Crippen molar-refractivity contribution in [2.75, 3.05) is 44.0 Å². The van der Waals surface area contributed by atoms with Gasteiger partial charge in [-0.2, -0.15) is 0 Å². The molecule has 1 atom stereocenters. The van der Waals surface area contributed by atoms with E-state index in [1.165, 1.54) is 17.0 Å². The van der Waals surface area contributed by atoms with Crippen molar-refractivity contribution in [3.8, 4) is 5.75 Å². The SMILES string of the molecule is CC[C@H](C(=O)NCc1cccc(CN2CCOCC2)c1)N(c1cccc(OC)c1)S(C)(=O)=O. The number of morpholine rings is 1. The third-order valence-corrected chi connectivity index (χ3v) is 6.79. The molecule has 1 amide bonds. The monoisotopic (exact) mass is 475 g/mol. The second-order valence-electron chi connectivity index (χ2n) is 8.11. The van der Waals surface area contributed by atoms with Crippen LogP contribution < -0.4 is 14.4 Å². The first-order valence-corrected chi connectivity index (χ1v) is 13.0. The number of methoxy groups -OCH3 is 1. The highest BCUT2D eigenvalue weighted by Gasteiger charge is 2.31. The molecule has 0 unspecified atom stereocenters. The van der Waals surface area contributed by atoms with Crippen LogP contribution in [-0.2, 0) is 32.6 Å². The third kappa shape index (κ3) is 6.93. The van der Waals surface area contributed by atoms with Gasteiger partial charge in [0.15, 0.2) is 0 Å². The molecule has 1 aliphatic heterocycles. The molecule has 1 N–H and O–H groups in total. The highest BCUT2D eigenvalue weighted by atomic mass is 32.2. The summed E-state index contributed by atoms with van der Waals surface area (Å²) in [6.07, 6.45) is 1.44. The van der Waals surface area contributed by atoms with Crippen molar-refractivity contribution in [3.05, 3.63) is 59.7 Å². The van der Waals surface area contributed by atoms with Gasteiger partial charge in [-0.15, -0.1) is 0 Å². The molecular weight excluding hydrogens is 442 g/mol. The highest BCUT2D eigenvalue weighted by molar-refractivity contribution is 7.92. The Morgan fingerprint density at radius 1 is 1.15 bits per heavy atom. The topological polar surface area (TPSA) is 88.2 Å². The van der Waals surface area contributed by atoms with Crippen molar-refractivity contribution in [2.45, 2.75) is 32.5 Å². The Balaban J connectivity index is 1.71. The summed E-state index contributed by atoms with van der Waals surface area (Å²) < 4.78 is 37.1. The van der Waals surface area contributed by atoms with Crippen LogP contribution in [0.25, 0.3) is 0 Å². The van der Waals surface area contributed by atoms with E-state index in [1.807, 2.05) is 12.1 Å². The van der Waals surface area contributed by atoms with E-state index in [9.17, 15) is 13.2 Å². The fraction of sp³-hybridized carbons (Fsp3) is 0.458. The second-order valence-corrected chi connectivity index (χ2v) is 9.97. The number of anilines is 1. The molecule has 1 heterocycles. The number of ether oxygens (including phenoxy) is 2. The summed E-state index contributed by atoms with van der Waals surface area (Å²) in [5, 5.41) is 2.92. The van der Waals surface area contributed by atoms with Gasteiger partial charge in [0.05, 0.1) is 32.3 Å². The van der Waals surface area contributed by atoms with E-state index < -0.39 is 16.1 Å². The first kappa shape index (κ1) is 25.0. The summed E-state index contributed by atoms with van der Waals surface area (Å²) in [7, 11) is -2.19. The van der Waals surface area contributed by atoms with Crippen molar-refractivity contribution >= 4 is 21.6 Å². The van der Waals surface area contributed by atoms with E-state index in [1.54, 1.807) is 31.2 Å². The molecule has 0 aromatic heterocycles. The zero-order chi connectivity index (χ0) is 23.8. The fourth-order valence-electron chi connectivity index (χ4n) is 3.97. The summed E-state index contributed by atoms with van der Waals surface area (Å²) in [5.74, 6) is 0.179. The number of benzene rings is 2. The maximum atomic E-state index is 13.1. The molecule has 0 bridgehead atoms. The van der Waals surface area contributed by atoms with Crippen LogP contribution in [0.1, 0.15) is 24.5 Å². The van der Waals surface area contributed by atoms with E-state index in [-0.39, 0.29) is 5.91 Å². The van der Waals surface area contributed by atoms with Gasteiger partial charge in [0.2, 0.25) is 15.9 Å². The van der Waals surface area contributed by atoms with Crippen molar-refractivity contribution in [3.63, 3.8) is 0 Å². The molecule has 1 aliphatic rings. The summed E-state index contributed by atoms with van der Waals surface area (Å²) in [4.78, 5) is 15.4. The molecule has 9 heteroatoms. The Morgan fingerprint density at radius 3 is 2.52 bits per heavy atom. The molecule has 2 aromatic rings. The summed E-state index contributed by atoms with van der Waals surface area (Å²) in [6, 6.07) is 13.9. The molecule has 0 aliphatic carbocycles. The molecule has 0 radical (unpaired) electrons. The van der Waals surface area contributed by atoms with Crippen LogP contribution in [0, 0.1) is 0 Å². The van der Waals surface area contributed by atoms with Gasteiger partial charge in [0.25, 0.3) is 0 Å². The van der Waals surface area contributed by atoms with Gasteiger partial charge in [-0.25, -0.2) is 8.42 Å². The minimum atomic E-state index is -3.70. The lowest BCUT2D eigenvalue weighted by atomic mass is 10.1. The van der Waals surface area contributed by atoms with Gasteiger partial charge in [-0.05, 0) is 29.7 Å². The first-order valence-electron chi connectivity index (χ1n) is 11.1. The molecule has 1 saturated heterocycles. The lowest BCUT2D eigenvalue weighted by Crippen LogP contribution is -2.49. The van der Waals surface area contributed by atoms with Crippen molar-refractivity contribution in [1.29, 1.82) is 0 Å². The smallest absolute Gasteiger partial charge is 0.244 e. The number of amides is 1. The first-order chi connectivity index (χ1) is 15.8. The summed E-state index contributed by atoms with van der Waals surface area (Å²) >= 11 is 0. The van der Waals surface area contributed by atoms with Gasteiger partial charge in [0, 0.05) is 32.2 Å². The number of rotatable bonds is 10.